The monoisotopic (exact) mass is 561 g/mol. The molecule has 1 fully saturated rings. The van der Waals surface area contributed by atoms with Crippen molar-refractivity contribution in [2.75, 3.05) is 33.2 Å². The molecule has 0 saturated carbocycles. The molecule has 0 aliphatic carbocycles. The second kappa shape index (κ2) is 13.1. The summed E-state index contributed by atoms with van der Waals surface area (Å²) >= 11 is 5.76. The molecular weight excluding hydrogens is 530 g/mol. The van der Waals surface area contributed by atoms with E-state index in [-0.39, 0.29) is 18.2 Å². The Hall–Kier alpha value is -4.44. The van der Waals surface area contributed by atoms with Crippen LogP contribution in [0.3, 0.4) is 0 Å². The quantitative estimate of drug-likeness (QED) is 0.277. The van der Waals surface area contributed by atoms with Gasteiger partial charge in [-0.05, 0) is 66.2 Å². The molecule has 10 heteroatoms. The van der Waals surface area contributed by atoms with Crippen LogP contribution >= 0.6 is 12.2 Å². The van der Waals surface area contributed by atoms with Crippen LogP contribution < -0.4 is 14.8 Å². The van der Waals surface area contributed by atoms with Gasteiger partial charge in [-0.25, -0.2) is 4.79 Å². The molecule has 3 aromatic carbocycles. The molecule has 1 aliphatic rings. The lowest BCUT2D eigenvalue weighted by atomic mass is 10.1. The Kier molecular flexibility index (Phi) is 9.34. The van der Waals surface area contributed by atoms with E-state index in [1.54, 1.807) is 43.4 Å². The molecule has 1 saturated heterocycles. The third kappa shape index (κ3) is 6.58. The molecule has 0 aromatic heterocycles. The Labute approximate surface area is 238 Å². The molecule has 4 rings (SSSR count). The van der Waals surface area contributed by atoms with Crippen molar-refractivity contribution in [2.24, 2.45) is 0 Å². The first-order chi connectivity index (χ1) is 19.3. The lowest BCUT2D eigenvalue weighted by Gasteiger charge is -2.24. The Morgan fingerprint density at radius 1 is 0.900 bits per heavy atom. The Bertz CT molecular complexity index is 1380. The zero-order valence-corrected chi connectivity index (χ0v) is 23.4. The molecular formula is C30H31N3O6S. The number of carbonyl (C=O) groups is 3. The summed E-state index contributed by atoms with van der Waals surface area (Å²) in [5.41, 5.74) is 2.79. The van der Waals surface area contributed by atoms with Gasteiger partial charge in [0.1, 0.15) is 6.04 Å². The first kappa shape index (κ1) is 28.6. The Morgan fingerprint density at radius 2 is 1.60 bits per heavy atom. The molecule has 1 heterocycles. The van der Waals surface area contributed by atoms with E-state index < -0.39 is 12.0 Å². The minimum atomic E-state index is -0.759. The number of nitrogens with zero attached hydrogens (tertiary/aromatic N) is 2. The predicted molar refractivity (Wildman–Crippen MR) is 154 cm³/mol. The molecule has 9 nitrogen and oxygen atoms in total. The van der Waals surface area contributed by atoms with Crippen LogP contribution in [0.15, 0.2) is 72.8 Å². The third-order valence-electron chi connectivity index (χ3n) is 6.65. The van der Waals surface area contributed by atoms with Crippen molar-refractivity contribution in [3.05, 3.63) is 89.5 Å². The highest BCUT2D eigenvalue weighted by molar-refractivity contribution is 7.80. The fraction of sp³-hybridized carbons (Fsp3) is 0.267. The van der Waals surface area contributed by atoms with Gasteiger partial charge >= 0.3 is 5.97 Å². The summed E-state index contributed by atoms with van der Waals surface area (Å²) in [6.45, 7) is 0.746. The predicted octanol–water partition coefficient (Wildman–Crippen LogP) is 4.06. The van der Waals surface area contributed by atoms with Crippen molar-refractivity contribution < 1.29 is 28.6 Å². The van der Waals surface area contributed by atoms with Gasteiger partial charge in [0.15, 0.2) is 16.6 Å². The van der Waals surface area contributed by atoms with Crippen molar-refractivity contribution in [3.8, 4) is 11.5 Å². The van der Waals surface area contributed by atoms with Gasteiger partial charge in [-0.15, -0.1) is 0 Å². The molecule has 0 bridgehead atoms. The number of benzene rings is 3. The second-order valence-corrected chi connectivity index (χ2v) is 9.53. The third-order valence-corrected chi connectivity index (χ3v) is 7.10. The SMILES string of the molecule is COC(=O)c1ccc(NC(=O)CC2C(=O)N(Cc3ccccc3)C(=S)N2CCc2ccc(OC)c(OC)c2)cc1. The smallest absolute Gasteiger partial charge is 0.337 e. The van der Waals surface area contributed by atoms with Crippen LogP contribution in [-0.2, 0) is 27.3 Å². The molecule has 0 spiro atoms. The second-order valence-electron chi connectivity index (χ2n) is 9.16. The summed E-state index contributed by atoms with van der Waals surface area (Å²) in [6, 6.07) is 20.8. The number of esters is 1. The van der Waals surface area contributed by atoms with Crippen LogP contribution in [0.1, 0.15) is 27.9 Å². The number of ether oxygens (including phenoxy) is 3. The standard InChI is InChI=1S/C30H31N3O6S/c1-37-25-14-9-20(17-26(25)38-2)15-16-32-24(28(35)33(30(32)40)19-21-7-5-4-6-8-21)18-27(34)31-23-12-10-22(11-13-23)29(36)39-3/h4-14,17,24H,15-16,18-19H2,1-3H3,(H,31,34). The van der Waals surface area contributed by atoms with Crippen molar-refractivity contribution in [3.63, 3.8) is 0 Å². The molecule has 1 N–H and O–H groups in total. The van der Waals surface area contributed by atoms with Crippen LogP contribution in [0.25, 0.3) is 0 Å². The zero-order valence-electron chi connectivity index (χ0n) is 22.6. The maximum Gasteiger partial charge on any atom is 0.337 e. The number of hydrogen-bond donors (Lipinski definition) is 1. The summed E-state index contributed by atoms with van der Waals surface area (Å²) < 4.78 is 15.5. The largest absolute Gasteiger partial charge is 0.493 e. The van der Waals surface area contributed by atoms with E-state index in [9.17, 15) is 14.4 Å². The number of methoxy groups -OCH3 is 3. The summed E-state index contributed by atoms with van der Waals surface area (Å²) in [4.78, 5) is 41.7. The van der Waals surface area contributed by atoms with Crippen molar-refractivity contribution >= 4 is 40.8 Å². The molecule has 0 radical (unpaired) electrons. The van der Waals surface area contributed by atoms with Gasteiger partial charge in [-0.1, -0.05) is 36.4 Å². The fourth-order valence-corrected chi connectivity index (χ4v) is 4.91. The van der Waals surface area contributed by atoms with Crippen LogP contribution in [0.2, 0.25) is 0 Å². The molecule has 2 amide bonds. The Morgan fingerprint density at radius 3 is 2.25 bits per heavy atom. The minimum Gasteiger partial charge on any atom is -0.493 e. The molecule has 1 atom stereocenters. The zero-order chi connectivity index (χ0) is 28.6. The van der Waals surface area contributed by atoms with Gasteiger partial charge in [0.25, 0.3) is 5.91 Å². The highest BCUT2D eigenvalue weighted by Crippen LogP contribution is 2.29. The van der Waals surface area contributed by atoms with Gasteiger partial charge in [-0.3, -0.25) is 14.5 Å². The van der Waals surface area contributed by atoms with Crippen LogP contribution in [-0.4, -0.2) is 66.6 Å². The summed E-state index contributed by atoms with van der Waals surface area (Å²) in [6.07, 6.45) is 0.481. The summed E-state index contributed by atoms with van der Waals surface area (Å²) in [7, 11) is 4.46. The Balaban J connectivity index is 1.51. The normalized spacial score (nSPS) is 14.7. The van der Waals surface area contributed by atoms with E-state index in [2.05, 4.69) is 5.32 Å². The van der Waals surface area contributed by atoms with Gasteiger partial charge in [0, 0.05) is 12.2 Å². The molecule has 208 valence electrons. The summed E-state index contributed by atoms with van der Waals surface area (Å²) in [5, 5.41) is 3.20. The minimum absolute atomic E-state index is 0.0883. The summed E-state index contributed by atoms with van der Waals surface area (Å²) in [5.74, 6) is 0.204. The topological polar surface area (TPSA) is 97.4 Å². The number of anilines is 1. The maximum absolute atomic E-state index is 13.6. The first-order valence-corrected chi connectivity index (χ1v) is 13.1. The number of amides is 2. The first-order valence-electron chi connectivity index (χ1n) is 12.7. The fourth-order valence-electron chi connectivity index (χ4n) is 4.54. The number of hydrogen-bond acceptors (Lipinski definition) is 7. The average Bonchev–Trinajstić information content (AvgIpc) is 3.19. The van der Waals surface area contributed by atoms with E-state index in [4.69, 9.17) is 26.4 Å². The molecule has 40 heavy (non-hydrogen) atoms. The van der Waals surface area contributed by atoms with E-state index >= 15 is 0 Å². The highest BCUT2D eigenvalue weighted by atomic mass is 32.1. The van der Waals surface area contributed by atoms with E-state index in [0.717, 1.165) is 11.1 Å². The van der Waals surface area contributed by atoms with E-state index in [1.165, 1.54) is 7.11 Å². The molecule has 1 aliphatic heterocycles. The number of thiocarbonyl (C=S) groups is 1. The van der Waals surface area contributed by atoms with Crippen molar-refractivity contribution in [1.82, 2.24) is 9.80 Å². The maximum atomic E-state index is 13.6. The molecule has 1 unspecified atom stereocenters. The van der Waals surface area contributed by atoms with E-state index in [0.29, 0.717) is 47.4 Å². The average molecular weight is 562 g/mol. The number of rotatable bonds is 11. The van der Waals surface area contributed by atoms with Crippen LogP contribution in [0.4, 0.5) is 5.69 Å². The highest BCUT2D eigenvalue weighted by Gasteiger charge is 2.43. The van der Waals surface area contributed by atoms with Gasteiger partial charge in [0.05, 0.1) is 39.9 Å². The molecule has 3 aromatic rings. The van der Waals surface area contributed by atoms with Gasteiger partial charge in [-0.2, -0.15) is 0 Å². The number of nitrogens with one attached hydrogen (secondary N) is 1. The van der Waals surface area contributed by atoms with Gasteiger partial charge < -0.3 is 24.4 Å². The van der Waals surface area contributed by atoms with E-state index in [1.807, 2.05) is 53.4 Å². The lowest BCUT2D eigenvalue weighted by Crippen LogP contribution is -2.39. The van der Waals surface area contributed by atoms with Crippen LogP contribution in [0.5, 0.6) is 11.5 Å². The van der Waals surface area contributed by atoms with Crippen LogP contribution in [0, 0.1) is 0 Å². The van der Waals surface area contributed by atoms with Crippen molar-refractivity contribution in [1.29, 1.82) is 0 Å². The lowest BCUT2D eigenvalue weighted by molar-refractivity contribution is -0.131. The number of carbonyl (C=O) groups excluding carboxylic acids is 3. The van der Waals surface area contributed by atoms with Crippen molar-refractivity contribution in [2.45, 2.75) is 25.4 Å². The van der Waals surface area contributed by atoms with Gasteiger partial charge in [0.2, 0.25) is 5.91 Å².